The summed E-state index contributed by atoms with van der Waals surface area (Å²) in [5.41, 5.74) is 0. The van der Waals surface area contributed by atoms with Crippen molar-refractivity contribution < 1.29 is 7.65 Å². The predicted octanol–water partition coefficient (Wildman–Crippen LogP) is 0.956. The summed E-state index contributed by atoms with van der Waals surface area (Å²) in [5, 5.41) is 2.39. The molecular weight excluding hydrogens is 140 g/mol. The molecule has 1 N–H and O–H groups in total. The lowest BCUT2D eigenvalue weighted by atomic mass is 10.4. The fourth-order valence-corrected chi connectivity index (χ4v) is 0.875. The van der Waals surface area contributed by atoms with Crippen molar-refractivity contribution in [1.29, 1.82) is 0 Å². The van der Waals surface area contributed by atoms with Crippen molar-refractivity contribution in [2.75, 3.05) is 27.2 Å². The summed E-state index contributed by atoms with van der Waals surface area (Å²) in [6.45, 7) is 4.11. The highest BCUT2D eigenvalue weighted by Crippen LogP contribution is 2.01. The largest absolute Gasteiger partial charge is 0.359 e. The molecule has 0 radical (unpaired) electrons. The minimum Gasteiger partial charge on any atom is -0.359 e. The molecule has 0 atom stereocenters. The maximum Gasteiger partial charge on any atom is 0.216 e. The zero-order chi connectivity index (χ0) is 8.69. The minimum absolute atomic E-state index is 0. The van der Waals surface area contributed by atoms with E-state index in [4.69, 9.17) is 0 Å². The van der Waals surface area contributed by atoms with Gasteiger partial charge in [-0.05, 0) is 33.0 Å². The van der Waals surface area contributed by atoms with Gasteiger partial charge in [0.15, 0.2) is 0 Å². The number of nitrogens with zero attached hydrogens (tertiary/aromatic N) is 1. The SMILES string of the molecule is CN1CCCC1.CNC(C)=O.[HH].[HH]. The van der Waals surface area contributed by atoms with Gasteiger partial charge >= 0.3 is 0 Å². The molecule has 1 heterocycles. The van der Waals surface area contributed by atoms with Crippen LogP contribution in [0.4, 0.5) is 0 Å². The van der Waals surface area contributed by atoms with E-state index in [9.17, 15) is 4.79 Å². The molecule has 1 saturated heterocycles. The van der Waals surface area contributed by atoms with Gasteiger partial charge in [-0.25, -0.2) is 0 Å². The molecule has 0 bridgehead atoms. The molecular formula is C8H22N2O. The monoisotopic (exact) mass is 162 g/mol. The van der Waals surface area contributed by atoms with E-state index in [1.807, 2.05) is 0 Å². The van der Waals surface area contributed by atoms with E-state index < -0.39 is 0 Å². The standard InChI is InChI=1S/C5H11N.C3H7NO.2H2/c1-6-4-2-3-5-6;1-3(5)4-2;;/h2-5H2,1H3;1-2H3,(H,4,5);2*1H. The van der Waals surface area contributed by atoms with Crippen LogP contribution in [0.15, 0.2) is 0 Å². The van der Waals surface area contributed by atoms with Crippen LogP contribution in [-0.2, 0) is 4.79 Å². The van der Waals surface area contributed by atoms with Crippen molar-refractivity contribution >= 4 is 5.91 Å². The van der Waals surface area contributed by atoms with Crippen LogP contribution in [0.25, 0.3) is 0 Å². The van der Waals surface area contributed by atoms with E-state index in [1.165, 1.54) is 32.9 Å². The van der Waals surface area contributed by atoms with Crippen molar-refractivity contribution in [2.24, 2.45) is 0 Å². The zero-order valence-corrected chi connectivity index (χ0v) is 7.68. The summed E-state index contributed by atoms with van der Waals surface area (Å²) in [6.07, 6.45) is 2.83. The van der Waals surface area contributed by atoms with E-state index >= 15 is 0 Å². The predicted molar refractivity (Wildman–Crippen MR) is 50.7 cm³/mol. The number of amides is 1. The van der Waals surface area contributed by atoms with E-state index in [0.717, 1.165) is 0 Å². The Kier molecular flexibility index (Phi) is 5.84. The molecule has 11 heavy (non-hydrogen) atoms. The molecule has 0 aliphatic carbocycles. The Bertz CT molecular complexity index is 117. The van der Waals surface area contributed by atoms with Gasteiger partial charge in [0.2, 0.25) is 5.91 Å². The first-order valence-electron chi connectivity index (χ1n) is 4.03. The number of hydrogen-bond acceptors (Lipinski definition) is 2. The van der Waals surface area contributed by atoms with E-state index in [2.05, 4.69) is 17.3 Å². The number of carbonyl (C=O) groups is 1. The molecule has 1 aliphatic heterocycles. The molecule has 1 rings (SSSR count). The van der Waals surface area contributed by atoms with Crippen LogP contribution in [-0.4, -0.2) is 38.0 Å². The maximum atomic E-state index is 9.70. The topological polar surface area (TPSA) is 32.3 Å². The Hall–Kier alpha value is -0.570. The van der Waals surface area contributed by atoms with Gasteiger partial charge in [-0.2, -0.15) is 0 Å². The third-order valence-electron chi connectivity index (χ3n) is 1.68. The highest BCUT2D eigenvalue weighted by molar-refractivity contribution is 5.72. The molecule has 70 valence electrons. The average molecular weight is 162 g/mol. The van der Waals surface area contributed by atoms with Gasteiger partial charge < -0.3 is 10.2 Å². The van der Waals surface area contributed by atoms with Crippen molar-refractivity contribution in [2.45, 2.75) is 19.8 Å². The smallest absolute Gasteiger partial charge is 0.216 e. The van der Waals surface area contributed by atoms with Crippen LogP contribution in [0.2, 0.25) is 0 Å². The van der Waals surface area contributed by atoms with Gasteiger partial charge in [0.25, 0.3) is 0 Å². The molecule has 1 amide bonds. The second-order valence-electron chi connectivity index (χ2n) is 2.82. The molecule has 0 unspecified atom stereocenters. The Morgan fingerprint density at radius 1 is 1.45 bits per heavy atom. The Labute approximate surface area is 71.7 Å². The second kappa shape index (κ2) is 6.16. The maximum absolute atomic E-state index is 9.70. The first-order chi connectivity index (χ1) is 5.16. The van der Waals surface area contributed by atoms with Gasteiger partial charge in [0, 0.05) is 16.8 Å². The number of likely N-dealkylation sites (tertiary alicyclic amines) is 1. The first kappa shape index (κ1) is 10.4. The number of hydrogen-bond donors (Lipinski definition) is 1. The molecule has 0 aromatic heterocycles. The summed E-state index contributed by atoms with van der Waals surface area (Å²) < 4.78 is 0. The summed E-state index contributed by atoms with van der Waals surface area (Å²) >= 11 is 0. The third kappa shape index (κ3) is 7.33. The van der Waals surface area contributed by atoms with Gasteiger partial charge in [0.05, 0.1) is 0 Å². The van der Waals surface area contributed by atoms with Gasteiger partial charge in [-0.15, -0.1) is 0 Å². The van der Waals surface area contributed by atoms with Crippen molar-refractivity contribution in [3.8, 4) is 0 Å². The molecule has 0 spiro atoms. The van der Waals surface area contributed by atoms with Gasteiger partial charge in [0.1, 0.15) is 0 Å². The van der Waals surface area contributed by atoms with Crippen LogP contribution >= 0.6 is 0 Å². The lowest BCUT2D eigenvalue weighted by Gasteiger charge is -2.01. The lowest BCUT2D eigenvalue weighted by molar-refractivity contribution is -0.118. The minimum atomic E-state index is 0. The van der Waals surface area contributed by atoms with Crippen LogP contribution in [0, 0.1) is 0 Å². The summed E-state index contributed by atoms with van der Waals surface area (Å²) in [4.78, 5) is 12.1. The van der Waals surface area contributed by atoms with E-state index in [1.54, 1.807) is 7.05 Å². The molecule has 0 aromatic rings. The number of rotatable bonds is 0. The third-order valence-corrected chi connectivity index (χ3v) is 1.68. The number of carbonyl (C=O) groups excluding carboxylic acids is 1. The Morgan fingerprint density at radius 2 is 1.82 bits per heavy atom. The molecule has 1 fully saturated rings. The second-order valence-corrected chi connectivity index (χ2v) is 2.82. The summed E-state index contributed by atoms with van der Waals surface area (Å²) in [5.74, 6) is 0.00463. The van der Waals surface area contributed by atoms with E-state index in [-0.39, 0.29) is 8.76 Å². The quantitative estimate of drug-likeness (QED) is 0.575. The molecule has 3 heteroatoms. The van der Waals surface area contributed by atoms with Gasteiger partial charge in [-0.1, -0.05) is 0 Å². The Balaban J connectivity index is -0.000000136. The van der Waals surface area contributed by atoms with Gasteiger partial charge in [-0.3, -0.25) is 4.79 Å². The fraction of sp³-hybridized carbons (Fsp3) is 0.875. The van der Waals surface area contributed by atoms with Crippen molar-refractivity contribution in [3.05, 3.63) is 0 Å². The first-order valence-corrected chi connectivity index (χ1v) is 4.03. The normalized spacial score (nSPS) is 17.0. The Morgan fingerprint density at radius 3 is 1.91 bits per heavy atom. The summed E-state index contributed by atoms with van der Waals surface area (Å²) in [6, 6.07) is 0. The summed E-state index contributed by atoms with van der Waals surface area (Å²) in [7, 11) is 3.77. The molecule has 3 nitrogen and oxygen atoms in total. The van der Waals surface area contributed by atoms with Crippen LogP contribution in [0.1, 0.15) is 22.6 Å². The molecule has 1 aliphatic rings. The van der Waals surface area contributed by atoms with Crippen LogP contribution in [0.5, 0.6) is 0 Å². The average Bonchev–Trinajstić information content (AvgIpc) is 2.41. The highest BCUT2D eigenvalue weighted by atomic mass is 16.1. The van der Waals surface area contributed by atoms with E-state index in [0.29, 0.717) is 0 Å². The molecule has 0 saturated carbocycles. The lowest BCUT2D eigenvalue weighted by Crippen LogP contribution is -2.11. The van der Waals surface area contributed by atoms with Crippen LogP contribution < -0.4 is 5.32 Å². The van der Waals surface area contributed by atoms with Crippen LogP contribution in [0.3, 0.4) is 0 Å². The number of nitrogens with one attached hydrogen (secondary N) is 1. The van der Waals surface area contributed by atoms with Crippen molar-refractivity contribution in [3.63, 3.8) is 0 Å². The highest BCUT2D eigenvalue weighted by Gasteiger charge is 2.03. The fourth-order valence-electron chi connectivity index (χ4n) is 0.875. The molecule has 0 aromatic carbocycles. The van der Waals surface area contributed by atoms with Crippen molar-refractivity contribution in [1.82, 2.24) is 10.2 Å². The zero-order valence-electron chi connectivity index (χ0n) is 7.68.